The first-order chi connectivity index (χ1) is 9.45. The Hall–Kier alpha value is -1.92. The maximum atomic E-state index is 12.5. The van der Waals surface area contributed by atoms with Gasteiger partial charge in [0.25, 0.3) is 0 Å². The molecule has 0 aliphatic rings. The number of nitrogens with one attached hydrogen (secondary N) is 1. The molecule has 0 saturated carbocycles. The molecule has 110 valence electrons. The van der Waals surface area contributed by atoms with Crippen LogP contribution in [-0.4, -0.2) is 19.6 Å². The lowest BCUT2D eigenvalue weighted by Gasteiger charge is -2.04. The van der Waals surface area contributed by atoms with Crippen molar-refractivity contribution in [2.45, 2.75) is 40.4 Å². The molecule has 0 bridgehead atoms. The molecule has 0 aromatic carbocycles. The van der Waals surface area contributed by atoms with Gasteiger partial charge in [0.1, 0.15) is 0 Å². The molecule has 2 aromatic heterocycles. The lowest BCUT2D eigenvalue weighted by molar-refractivity contribution is 0.0563. The van der Waals surface area contributed by atoms with E-state index in [0.717, 1.165) is 12.1 Å². The van der Waals surface area contributed by atoms with Crippen molar-refractivity contribution < 1.29 is 8.78 Å². The maximum absolute atomic E-state index is 12.5. The zero-order chi connectivity index (χ0) is 14.7. The highest BCUT2D eigenvalue weighted by Gasteiger charge is 2.11. The third-order valence-electron chi connectivity index (χ3n) is 2.84. The summed E-state index contributed by atoms with van der Waals surface area (Å²) in [7, 11) is 0. The van der Waals surface area contributed by atoms with Crippen molar-refractivity contribution in [3.8, 4) is 0 Å². The van der Waals surface area contributed by atoms with Crippen molar-refractivity contribution in [3.63, 3.8) is 0 Å². The van der Waals surface area contributed by atoms with Crippen LogP contribution in [0.4, 0.5) is 14.5 Å². The monoisotopic (exact) mass is 283 g/mol. The van der Waals surface area contributed by atoms with Gasteiger partial charge in [-0.05, 0) is 12.8 Å². The lowest BCUT2D eigenvalue weighted by atomic mass is 10.2. The minimum Gasteiger partial charge on any atom is -0.378 e. The Balaban J connectivity index is 1.96. The van der Waals surface area contributed by atoms with Crippen molar-refractivity contribution in [2.75, 3.05) is 5.32 Å². The van der Waals surface area contributed by atoms with Gasteiger partial charge in [0.15, 0.2) is 0 Å². The summed E-state index contributed by atoms with van der Waals surface area (Å²) in [6.07, 6.45) is 5.06. The standard InChI is InChI=1S/C13H19F2N5/c1-9(2)6-19-7-11(5-17-19)4-16-12-8-20(13(14)15)18-10(12)3/h5,7-9,13,16H,4,6H2,1-3H3. The Labute approximate surface area is 116 Å². The van der Waals surface area contributed by atoms with Crippen LogP contribution in [0, 0.1) is 12.8 Å². The fraction of sp³-hybridized carbons (Fsp3) is 0.538. The van der Waals surface area contributed by atoms with Gasteiger partial charge < -0.3 is 5.32 Å². The predicted molar refractivity (Wildman–Crippen MR) is 72.6 cm³/mol. The van der Waals surface area contributed by atoms with E-state index in [-0.39, 0.29) is 0 Å². The summed E-state index contributed by atoms with van der Waals surface area (Å²) in [5, 5.41) is 11.1. The number of hydrogen-bond donors (Lipinski definition) is 1. The third kappa shape index (κ3) is 3.55. The van der Waals surface area contributed by atoms with E-state index in [9.17, 15) is 8.78 Å². The minimum absolute atomic E-state index is 0.530. The zero-order valence-electron chi connectivity index (χ0n) is 11.8. The van der Waals surface area contributed by atoms with Gasteiger partial charge in [0.2, 0.25) is 0 Å². The van der Waals surface area contributed by atoms with E-state index in [1.165, 1.54) is 6.20 Å². The average Bonchev–Trinajstić information content (AvgIpc) is 2.93. The van der Waals surface area contributed by atoms with Crippen LogP contribution in [0.15, 0.2) is 18.6 Å². The molecule has 0 aliphatic heterocycles. The first kappa shape index (κ1) is 14.5. The number of alkyl halides is 2. The van der Waals surface area contributed by atoms with E-state index in [0.29, 0.717) is 28.5 Å². The molecule has 0 spiro atoms. The zero-order valence-corrected chi connectivity index (χ0v) is 11.8. The van der Waals surface area contributed by atoms with Gasteiger partial charge in [0, 0.05) is 24.8 Å². The number of rotatable bonds is 6. The molecule has 0 aliphatic carbocycles. The smallest absolute Gasteiger partial charge is 0.333 e. The van der Waals surface area contributed by atoms with Crippen LogP contribution < -0.4 is 5.32 Å². The molecule has 0 radical (unpaired) electrons. The molecule has 0 fully saturated rings. The molecule has 0 unspecified atom stereocenters. The fourth-order valence-electron chi connectivity index (χ4n) is 1.92. The molecule has 2 heterocycles. The fourth-order valence-corrected chi connectivity index (χ4v) is 1.92. The van der Waals surface area contributed by atoms with Crippen molar-refractivity contribution >= 4 is 5.69 Å². The van der Waals surface area contributed by atoms with Crippen molar-refractivity contribution in [1.82, 2.24) is 19.6 Å². The summed E-state index contributed by atoms with van der Waals surface area (Å²) in [5.74, 6) is 0.530. The van der Waals surface area contributed by atoms with Crippen LogP contribution in [-0.2, 0) is 13.1 Å². The summed E-state index contributed by atoms with van der Waals surface area (Å²) >= 11 is 0. The van der Waals surface area contributed by atoms with Crippen LogP contribution in [0.2, 0.25) is 0 Å². The average molecular weight is 283 g/mol. The Morgan fingerprint density at radius 1 is 1.30 bits per heavy atom. The number of hydrogen-bond acceptors (Lipinski definition) is 3. The second kappa shape index (κ2) is 6.02. The molecule has 2 aromatic rings. The Morgan fingerprint density at radius 2 is 2.05 bits per heavy atom. The van der Waals surface area contributed by atoms with Crippen LogP contribution in [0.25, 0.3) is 0 Å². The summed E-state index contributed by atoms with van der Waals surface area (Å²) in [5.41, 5.74) is 2.18. The summed E-state index contributed by atoms with van der Waals surface area (Å²) in [6, 6.07) is 0. The summed E-state index contributed by atoms with van der Waals surface area (Å²) in [6.45, 7) is 4.74. The quantitative estimate of drug-likeness (QED) is 0.886. The molecule has 20 heavy (non-hydrogen) atoms. The van der Waals surface area contributed by atoms with Gasteiger partial charge in [-0.2, -0.15) is 19.0 Å². The van der Waals surface area contributed by atoms with Gasteiger partial charge in [-0.3, -0.25) is 4.68 Å². The first-order valence-corrected chi connectivity index (χ1v) is 6.55. The molecule has 0 amide bonds. The minimum atomic E-state index is -2.61. The van der Waals surface area contributed by atoms with Crippen molar-refractivity contribution in [3.05, 3.63) is 29.8 Å². The highest BCUT2D eigenvalue weighted by Crippen LogP contribution is 2.18. The Kier molecular flexibility index (Phi) is 4.36. The van der Waals surface area contributed by atoms with Crippen LogP contribution in [0.3, 0.4) is 0 Å². The topological polar surface area (TPSA) is 47.7 Å². The van der Waals surface area contributed by atoms with E-state index in [1.807, 2.05) is 10.9 Å². The molecule has 5 nitrogen and oxygen atoms in total. The largest absolute Gasteiger partial charge is 0.378 e. The number of aromatic nitrogens is 4. The lowest BCUT2D eigenvalue weighted by Crippen LogP contribution is -2.04. The van der Waals surface area contributed by atoms with Gasteiger partial charge in [-0.15, -0.1) is 0 Å². The van der Waals surface area contributed by atoms with E-state index in [2.05, 4.69) is 29.4 Å². The van der Waals surface area contributed by atoms with Crippen molar-refractivity contribution in [2.24, 2.45) is 5.92 Å². The molecule has 7 heteroatoms. The van der Waals surface area contributed by atoms with Crippen molar-refractivity contribution in [1.29, 1.82) is 0 Å². The Morgan fingerprint density at radius 3 is 2.65 bits per heavy atom. The Bertz CT molecular complexity index is 559. The summed E-state index contributed by atoms with van der Waals surface area (Å²) in [4.78, 5) is 0. The van der Waals surface area contributed by atoms with E-state index in [4.69, 9.17) is 0 Å². The maximum Gasteiger partial charge on any atom is 0.333 e. The number of anilines is 1. The van der Waals surface area contributed by atoms with E-state index in [1.54, 1.807) is 13.1 Å². The highest BCUT2D eigenvalue weighted by atomic mass is 19.3. The summed E-state index contributed by atoms with van der Waals surface area (Å²) < 4.78 is 27.6. The van der Waals surface area contributed by atoms with Gasteiger partial charge in [-0.25, -0.2) is 4.68 Å². The van der Waals surface area contributed by atoms with E-state index < -0.39 is 6.55 Å². The second-order valence-corrected chi connectivity index (χ2v) is 5.20. The number of aryl methyl sites for hydroxylation is 1. The van der Waals surface area contributed by atoms with Gasteiger partial charge >= 0.3 is 6.55 Å². The van der Waals surface area contributed by atoms with Crippen LogP contribution in [0.1, 0.15) is 31.7 Å². The van der Waals surface area contributed by atoms with Gasteiger partial charge in [-0.1, -0.05) is 13.8 Å². The molecule has 2 rings (SSSR count). The molecule has 0 saturated heterocycles. The van der Waals surface area contributed by atoms with E-state index >= 15 is 0 Å². The van der Waals surface area contributed by atoms with Crippen LogP contribution in [0.5, 0.6) is 0 Å². The molecular formula is C13H19F2N5. The number of nitrogens with zero attached hydrogens (tertiary/aromatic N) is 4. The molecule has 0 atom stereocenters. The normalized spacial score (nSPS) is 11.6. The van der Waals surface area contributed by atoms with Gasteiger partial charge in [0.05, 0.1) is 23.8 Å². The third-order valence-corrected chi connectivity index (χ3v) is 2.84. The molecule has 1 N–H and O–H groups in total. The first-order valence-electron chi connectivity index (χ1n) is 6.55. The number of halogens is 2. The molecular weight excluding hydrogens is 264 g/mol. The van der Waals surface area contributed by atoms with Crippen LogP contribution >= 0.6 is 0 Å². The highest BCUT2D eigenvalue weighted by molar-refractivity contribution is 5.45. The SMILES string of the molecule is Cc1nn(C(F)F)cc1NCc1cnn(CC(C)C)c1. The second-order valence-electron chi connectivity index (χ2n) is 5.20. The predicted octanol–water partition coefficient (Wildman–Crippen LogP) is 3.05.